The van der Waals surface area contributed by atoms with Gasteiger partial charge in [-0.25, -0.2) is 0 Å². The monoisotopic (exact) mass is 308 g/mol. The molecule has 1 aromatic carbocycles. The Morgan fingerprint density at radius 1 is 1.14 bits per heavy atom. The number of methoxy groups -OCH3 is 1. The third-order valence-corrected chi connectivity index (χ3v) is 2.82. The van der Waals surface area contributed by atoms with E-state index < -0.39 is 0 Å². The van der Waals surface area contributed by atoms with Crippen LogP contribution in [0.5, 0.6) is 11.8 Å². The Balaban J connectivity index is 1.99. The van der Waals surface area contributed by atoms with Gasteiger partial charge in [0.05, 0.1) is 7.11 Å². The maximum Gasteiger partial charge on any atom is 0.322 e. The van der Waals surface area contributed by atoms with Crippen molar-refractivity contribution >= 4 is 17.5 Å². The smallest absolute Gasteiger partial charge is 0.322 e. The first-order valence-electron chi connectivity index (χ1n) is 6.62. The fourth-order valence-electron chi connectivity index (χ4n) is 1.58. The Kier molecular flexibility index (Phi) is 5.57. The van der Waals surface area contributed by atoms with Crippen LogP contribution >= 0.6 is 11.6 Å². The summed E-state index contributed by atoms with van der Waals surface area (Å²) in [6.07, 6.45) is 0.964. The molecule has 0 bridgehead atoms. The van der Waals surface area contributed by atoms with Crippen LogP contribution in [0.3, 0.4) is 0 Å². The van der Waals surface area contributed by atoms with Crippen LogP contribution in [0.4, 0.5) is 5.95 Å². The Morgan fingerprint density at radius 3 is 2.57 bits per heavy atom. The van der Waals surface area contributed by atoms with E-state index in [1.807, 2.05) is 24.3 Å². The minimum absolute atomic E-state index is 0.105. The molecule has 0 saturated heterocycles. The molecule has 0 aliphatic rings. The fraction of sp³-hybridized carbons (Fsp3) is 0.357. The highest BCUT2D eigenvalue weighted by atomic mass is 35.5. The highest BCUT2D eigenvalue weighted by molar-refractivity contribution is 6.28. The van der Waals surface area contributed by atoms with Crippen LogP contribution < -0.4 is 14.8 Å². The van der Waals surface area contributed by atoms with Crippen molar-refractivity contribution in [1.29, 1.82) is 0 Å². The van der Waals surface area contributed by atoms with E-state index in [-0.39, 0.29) is 11.3 Å². The Labute approximate surface area is 128 Å². The first-order valence-corrected chi connectivity index (χ1v) is 7.00. The van der Waals surface area contributed by atoms with Gasteiger partial charge in [-0.15, -0.1) is 0 Å². The van der Waals surface area contributed by atoms with E-state index in [1.54, 1.807) is 7.11 Å². The molecule has 0 unspecified atom stereocenters. The Morgan fingerprint density at radius 2 is 1.90 bits per heavy atom. The van der Waals surface area contributed by atoms with Gasteiger partial charge in [-0.1, -0.05) is 19.1 Å². The molecule has 0 amide bonds. The van der Waals surface area contributed by atoms with Gasteiger partial charge in [0, 0.05) is 6.54 Å². The standard InChI is InChI=1S/C14H17ClN4O2/c1-3-8-16-13-17-12(15)18-14(19-13)21-9-10-4-6-11(20-2)7-5-10/h4-7H,3,8-9H2,1-2H3,(H,16,17,18,19). The molecule has 0 fully saturated rings. The van der Waals surface area contributed by atoms with Crippen molar-refractivity contribution in [3.8, 4) is 11.8 Å². The zero-order valence-electron chi connectivity index (χ0n) is 12.0. The first kappa shape index (κ1) is 15.3. The lowest BCUT2D eigenvalue weighted by atomic mass is 10.2. The van der Waals surface area contributed by atoms with Crippen LogP contribution in [0.1, 0.15) is 18.9 Å². The number of anilines is 1. The lowest BCUT2D eigenvalue weighted by Gasteiger charge is -2.07. The zero-order chi connectivity index (χ0) is 15.1. The van der Waals surface area contributed by atoms with Crippen LogP contribution in [0.2, 0.25) is 5.28 Å². The number of aromatic nitrogens is 3. The second kappa shape index (κ2) is 7.64. The summed E-state index contributed by atoms with van der Waals surface area (Å²) < 4.78 is 10.6. The second-order valence-electron chi connectivity index (χ2n) is 4.27. The van der Waals surface area contributed by atoms with Crippen LogP contribution in [0.15, 0.2) is 24.3 Å². The SMILES string of the molecule is CCCNc1nc(Cl)nc(OCc2ccc(OC)cc2)n1. The molecule has 0 saturated carbocycles. The summed E-state index contributed by atoms with van der Waals surface area (Å²) in [5.74, 6) is 1.22. The molecule has 0 atom stereocenters. The van der Waals surface area contributed by atoms with Gasteiger partial charge < -0.3 is 14.8 Å². The van der Waals surface area contributed by atoms with Gasteiger partial charge in [0.1, 0.15) is 12.4 Å². The molecule has 6 nitrogen and oxygen atoms in total. The number of benzene rings is 1. The van der Waals surface area contributed by atoms with Crippen LogP contribution in [0.25, 0.3) is 0 Å². The number of rotatable bonds is 7. The molecule has 0 aliphatic carbocycles. The normalized spacial score (nSPS) is 10.2. The van der Waals surface area contributed by atoms with Crippen molar-refractivity contribution < 1.29 is 9.47 Å². The number of ether oxygens (including phenoxy) is 2. The fourth-order valence-corrected chi connectivity index (χ4v) is 1.73. The number of halogens is 1. The number of nitrogens with zero attached hydrogens (tertiary/aromatic N) is 3. The maximum absolute atomic E-state index is 5.85. The maximum atomic E-state index is 5.85. The summed E-state index contributed by atoms with van der Waals surface area (Å²) >= 11 is 5.85. The van der Waals surface area contributed by atoms with Crippen LogP contribution in [-0.4, -0.2) is 28.6 Å². The Hall–Kier alpha value is -2.08. The summed E-state index contributed by atoms with van der Waals surface area (Å²) in [5, 5.41) is 3.15. The van der Waals surface area contributed by atoms with E-state index in [1.165, 1.54) is 0 Å². The molecular weight excluding hydrogens is 292 g/mol. The minimum Gasteiger partial charge on any atom is -0.497 e. The van der Waals surface area contributed by atoms with E-state index in [2.05, 4.69) is 27.2 Å². The third kappa shape index (κ3) is 4.75. The summed E-state index contributed by atoms with van der Waals surface area (Å²) in [5.41, 5.74) is 0.982. The predicted octanol–water partition coefficient (Wildman–Crippen LogP) is 2.93. The lowest BCUT2D eigenvalue weighted by molar-refractivity contribution is 0.280. The molecule has 0 aliphatic heterocycles. The number of nitrogens with one attached hydrogen (secondary N) is 1. The van der Waals surface area contributed by atoms with Gasteiger partial charge in [-0.3, -0.25) is 0 Å². The van der Waals surface area contributed by atoms with E-state index in [0.29, 0.717) is 12.6 Å². The third-order valence-electron chi connectivity index (χ3n) is 2.65. The second-order valence-corrected chi connectivity index (χ2v) is 4.61. The van der Waals surface area contributed by atoms with Crippen molar-refractivity contribution in [1.82, 2.24) is 15.0 Å². The zero-order valence-corrected chi connectivity index (χ0v) is 12.7. The van der Waals surface area contributed by atoms with Gasteiger partial charge in [-0.05, 0) is 35.7 Å². The molecule has 0 spiro atoms. The van der Waals surface area contributed by atoms with Gasteiger partial charge in [0.15, 0.2) is 0 Å². The highest BCUT2D eigenvalue weighted by Crippen LogP contribution is 2.15. The van der Waals surface area contributed by atoms with Crippen molar-refractivity contribution in [2.24, 2.45) is 0 Å². The van der Waals surface area contributed by atoms with Crippen LogP contribution in [-0.2, 0) is 6.61 Å². The Bertz CT molecular complexity index is 578. The summed E-state index contributed by atoms with van der Waals surface area (Å²) in [4.78, 5) is 12.1. The highest BCUT2D eigenvalue weighted by Gasteiger charge is 2.06. The molecule has 21 heavy (non-hydrogen) atoms. The molecule has 1 aromatic heterocycles. The minimum atomic E-state index is 0.105. The van der Waals surface area contributed by atoms with Crippen LogP contribution in [0, 0.1) is 0 Å². The van der Waals surface area contributed by atoms with E-state index >= 15 is 0 Å². The lowest BCUT2D eigenvalue weighted by Crippen LogP contribution is -2.07. The van der Waals surface area contributed by atoms with Crippen molar-refractivity contribution in [2.45, 2.75) is 20.0 Å². The van der Waals surface area contributed by atoms with E-state index in [9.17, 15) is 0 Å². The van der Waals surface area contributed by atoms with E-state index in [4.69, 9.17) is 21.1 Å². The quantitative estimate of drug-likeness (QED) is 0.848. The molecule has 1 heterocycles. The summed E-state index contributed by atoms with van der Waals surface area (Å²) in [6, 6.07) is 7.76. The molecule has 1 N–H and O–H groups in total. The van der Waals surface area contributed by atoms with Crippen molar-refractivity contribution in [3.05, 3.63) is 35.1 Å². The average molecular weight is 309 g/mol. The van der Waals surface area contributed by atoms with Gasteiger partial charge in [0.25, 0.3) is 0 Å². The predicted molar refractivity (Wildman–Crippen MR) is 80.9 cm³/mol. The van der Waals surface area contributed by atoms with Gasteiger partial charge >= 0.3 is 6.01 Å². The van der Waals surface area contributed by atoms with Gasteiger partial charge in [0.2, 0.25) is 11.2 Å². The van der Waals surface area contributed by atoms with Crippen molar-refractivity contribution in [3.63, 3.8) is 0 Å². The topological polar surface area (TPSA) is 69.2 Å². The molecule has 0 radical (unpaired) electrons. The molecule has 2 aromatic rings. The van der Waals surface area contributed by atoms with E-state index in [0.717, 1.165) is 24.3 Å². The van der Waals surface area contributed by atoms with Crippen molar-refractivity contribution in [2.75, 3.05) is 19.0 Å². The first-order chi connectivity index (χ1) is 10.2. The molecule has 2 rings (SSSR count). The molecular formula is C14H17ClN4O2. The molecule has 7 heteroatoms. The summed E-state index contributed by atoms with van der Waals surface area (Å²) in [6.45, 7) is 3.16. The number of hydrogen-bond donors (Lipinski definition) is 1. The molecule has 112 valence electrons. The average Bonchev–Trinajstić information content (AvgIpc) is 2.51. The number of hydrogen-bond acceptors (Lipinski definition) is 6. The largest absolute Gasteiger partial charge is 0.497 e. The van der Waals surface area contributed by atoms with Gasteiger partial charge in [-0.2, -0.15) is 15.0 Å². The summed E-state index contributed by atoms with van der Waals surface area (Å²) in [7, 11) is 1.63.